The first-order chi connectivity index (χ1) is 17.3. The Labute approximate surface area is 209 Å². The molecule has 0 radical (unpaired) electrons. The molecule has 2 atom stereocenters. The van der Waals surface area contributed by atoms with Crippen LogP contribution in [0.5, 0.6) is 0 Å². The number of ether oxygens (including phenoxy) is 1. The summed E-state index contributed by atoms with van der Waals surface area (Å²) in [5, 5.41) is 4.76. The third-order valence-corrected chi connectivity index (χ3v) is 8.04. The molecule has 0 saturated heterocycles. The van der Waals surface area contributed by atoms with Crippen LogP contribution in [0.2, 0.25) is 0 Å². The van der Waals surface area contributed by atoms with Gasteiger partial charge in [-0.2, -0.15) is 0 Å². The number of amides is 1. The topological polar surface area (TPSA) is 89.5 Å². The average Bonchev–Trinajstić information content (AvgIpc) is 3.21. The molecule has 0 saturated carbocycles. The second-order valence-corrected chi connectivity index (χ2v) is 10.3. The van der Waals surface area contributed by atoms with Crippen molar-refractivity contribution in [2.24, 2.45) is 11.8 Å². The molecule has 3 aromatic carbocycles. The molecule has 36 heavy (non-hydrogen) atoms. The Morgan fingerprint density at radius 2 is 1.36 bits per heavy atom. The lowest BCUT2D eigenvalue weighted by molar-refractivity contribution is -0.152. The van der Waals surface area contributed by atoms with Gasteiger partial charge in [0.2, 0.25) is 5.91 Å². The Balaban J connectivity index is 1.36. The summed E-state index contributed by atoms with van der Waals surface area (Å²) in [5.41, 5.74) is 3.98. The predicted molar refractivity (Wildman–Crippen MR) is 134 cm³/mol. The average molecular weight is 482 g/mol. The first-order valence-corrected chi connectivity index (χ1v) is 12.5. The van der Waals surface area contributed by atoms with Gasteiger partial charge in [0, 0.05) is 42.7 Å². The maximum atomic E-state index is 13.6. The molecule has 6 rings (SSSR count). The predicted octanol–water partition coefficient (Wildman–Crippen LogP) is 3.79. The largest absolute Gasteiger partial charge is 0.464 e. The minimum Gasteiger partial charge on any atom is -0.464 e. The molecule has 0 spiro atoms. The number of Topliss-reactive ketones (excluding diaryl/α,β-unsaturated/α-hetero) is 2. The molecular weight excluding hydrogens is 454 g/mol. The summed E-state index contributed by atoms with van der Waals surface area (Å²) in [4.78, 5) is 52.1. The van der Waals surface area contributed by atoms with Gasteiger partial charge in [0.05, 0.1) is 6.61 Å². The Morgan fingerprint density at radius 1 is 0.861 bits per heavy atom. The molecule has 0 aromatic heterocycles. The normalized spacial score (nSPS) is 23.9. The van der Waals surface area contributed by atoms with E-state index in [0.29, 0.717) is 36.8 Å². The number of rotatable bonds is 3. The number of hydrogen-bond donors (Lipinski definition) is 1. The fraction of sp³-hybridized carbons (Fsp3) is 0.333. The van der Waals surface area contributed by atoms with Gasteiger partial charge < -0.3 is 10.1 Å². The van der Waals surface area contributed by atoms with Crippen LogP contribution in [0, 0.1) is 11.8 Å². The molecule has 0 heterocycles. The van der Waals surface area contributed by atoms with Crippen LogP contribution in [0.3, 0.4) is 0 Å². The van der Waals surface area contributed by atoms with E-state index in [1.165, 1.54) is 6.92 Å². The number of ketones is 2. The molecule has 2 unspecified atom stereocenters. The van der Waals surface area contributed by atoms with Crippen molar-refractivity contribution < 1.29 is 23.9 Å². The molecule has 3 aromatic rings. The summed E-state index contributed by atoms with van der Waals surface area (Å²) >= 11 is 0. The number of carbonyl (C=O) groups is 4. The molecule has 6 nitrogen and oxygen atoms in total. The second kappa shape index (κ2) is 8.12. The first-order valence-electron chi connectivity index (χ1n) is 12.5. The highest BCUT2D eigenvalue weighted by molar-refractivity contribution is 6.18. The SMILES string of the molecule is CCOC(=O)C1(NC(C)=O)Cc2cc3c(cc2C1)CC1C(=O)c2cc4ccccc4cc2C(=O)C1C3. The molecule has 0 aliphatic heterocycles. The van der Waals surface area contributed by atoms with Crippen LogP contribution >= 0.6 is 0 Å². The van der Waals surface area contributed by atoms with E-state index < -0.39 is 11.5 Å². The van der Waals surface area contributed by atoms with Crippen LogP contribution < -0.4 is 5.32 Å². The fourth-order valence-electron chi connectivity index (χ4n) is 6.46. The van der Waals surface area contributed by atoms with E-state index in [-0.39, 0.29) is 35.9 Å². The van der Waals surface area contributed by atoms with Gasteiger partial charge >= 0.3 is 5.97 Å². The highest BCUT2D eigenvalue weighted by atomic mass is 16.5. The number of hydrogen-bond acceptors (Lipinski definition) is 5. The molecule has 3 aliphatic rings. The molecule has 3 aliphatic carbocycles. The third kappa shape index (κ3) is 3.39. The van der Waals surface area contributed by atoms with Crippen molar-refractivity contribution in [2.45, 2.75) is 45.1 Å². The zero-order valence-corrected chi connectivity index (χ0v) is 20.4. The van der Waals surface area contributed by atoms with Crippen molar-refractivity contribution in [3.63, 3.8) is 0 Å². The second-order valence-electron chi connectivity index (χ2n) is 10.3. The lowest BCUT2D eigenvalue weighted by atomic mass is 9.65. The van der Waals surface area contributed by atoms with Gasteiger partial charge in [-0.1, -0.05) is 36.4 Å². The Morgan fingerprint density at radius 3 is 1.81 bits per heavy atom. The van der Waals surface area contributed by atoms with Crippen LogP contribution in [-0.4, -0.2) is 35.6 Å². The maximum absolute atomic E-state index is 13.6. The molecule has 1 N–H and O–H groups in total. The van der Waals surface area contributed by atoms with Crippen molar-refractivity contribution >= 4 is 34.2 Å². The monoisotopic (exact) mass is 481 g/mol. The van der Waals surface area contributed by atoms with Crippen LogP contribution in [-0.2, 0) is 40.0 Å². The lowest BCUT2D eigenvalue weighted by Gasteiger charge is -2.36. The van der Waals surface area contributed by atoms with E-state index in [4.69, 9.17) is 4.74 Å². The van der Waals surface area contributed by atoms with Crippen molar-refractivity contribution in [3.8, 4) is 0 Å². The summed E-state index contributed by atoms with van der Waals surface area (Å²) in [6.45, 7) is 3.38. The van der Waals surface area contributed by atoms with Gasteiger partial charge in [0.1, 0.15) is 5.54 Å². The fourth-order valence-corrected chi connectivity index (χ4v) is 6.46. The van der Waals surface area contributed by atoms with Crippen molar-refractivity contribution in [3.05, 3.63) is 81.9 Å². The Kier molecular flexibility index (Phi) is 5.11. The Hall–Kier alpha value is -3.80. The number of fused-ring (bicyclic) bond motifs is 5. The number of esters is 1. The molecule has 6 heteroatoms. The minimum atomic E-state index is -1.12. The van der Waals surface area contributed by atoms with E-state index in [0.717, 1.165) is 33.0 Å². The van der Waals surface area contributed by atoms with E-state index in [1.807, 2.05) is 36.4 Å². The van der Waals surface area contributed by atoms with Crippen LogP contribution in [0.1, 0.15) is 56.8 Å². The summed E-state index contributed by atoms with van der Waals surface area (Å²) in [6.07, 6.45) is 1.70. The standard InChI is InChI=1S/C30H27NO5/c1-3-36-29(35)30(31-16(2)32)14-21-8-19-12-25-26(13-20(19)9-22(21)15-30)28(34)24-11-18-7-5-4-6-17(18)10-23(24)27(25)33/h4-11,25-26H,3,12-15H2,1-2H3,(H,31,32). The number of carbonyl (C=O) groups excluding carboxylic acids is 4. The van der Waals surface area contributed by atoms with E-state index in [2.05, 4.69) is 17.4 Å². The minimum absolute atomic E-state index is 0.0330. The molecule has 1 amide bonds. The first kappa shape index (κ1) is 22.7. The van der Waals surface area contributed by atoms with Crippen molar-refractivity contribution in [1.82, 2.24) is 5.32 Å². The van der Waals surface area contributed by atoms with E-state index >= 15 is 0 Å². The Bertz CT molecular complexity index is 1390. The van der Waals surface area contributed by atoms with Crippen LogP contribution in [0.15, 0.2) is 48.5 Å². The van der Waals surface area contributed by atoms with Crippen LogP contribution in [0.4, 0.5) is 0 Å². The molecular formula is C30H27NO5. The van der Waals surface area contributed by atoms with Gasteiger partial charge in [0.15, 0.2) is 11.6 Å². The van der Waals surface area contributed by atoms with E-state index in [9.17, 15) is 19.2 Å². The summed E-state index contributed by atoms with van der Waals surface area (Å²) in [5.74, 6) is -1.42. The zero-order valence-electron chi connectivity index (χ0n) is 20.4. The van der Waals surface area contributed by atoms with Gasteiger partial charge in [0.25, 0.3) is 0 Å². The summed E-state index contributed by atoms with van der Waals surface area (Å²) in [7, 11) is 0. The van der Waals surface area contributed by atoms with Crippen molar-refractivity contribution in [2.75, 3.05) is 6.61 Å². The molecule has 0 fully saturated rings. The summed E-state index contributed by atoms with van der Waals surface area (Å²) < 4.78 is 5.32. The van der Waals surface area contributed by atoms with Crippen molar-refractivity contribution in [1.29, 1.82) is 0 Å². The maximum Gasteiger partial charge on any atom is 0.332 e. The lowest BCUT2D eigenvalue weighted by Crippen LogP contribution is -2.55. The molecule has 0 bridgehead atoms. The third-order valence-electron chi connectivity index (χ3n) is 8.04. The summed E-state index contributed by atoms with van der Waals surface area (Å²) in [6, 6.07) is 15.6. The van der Waals surface area contributed by atoms with Crippen LogP contribution in [0.25, 0.3) is 10.8 Å². The van der Waals surface area contributed by atoms with Gasteiger partial charge in [-0.15, -0.1) is 0 Å². The molecule has 182 valence electrons. The van der Waals surface area contributed by atoms with Gasteiger partial charge in [-0.25, -0.2) is 4.79 Å². The van der Waals surface area contributed by atoms with Gasteiger partial charge in [-0.05, 0) is 64.9 Å². The number of benzene rings is 3. The smallest absolute Gasteiger partial charge is 0.332 e. The quantitative estimate of drug-likeness (QED) is 0.575. The number of nitrogens with one attached hydrogen (secondary N) is 1. The highest BCUT2D eigenvalue weighted by Gasteiger charge is 2.48. The highest BCUT2D eigenvalue weighted by Crippen LogP contribution is 2.43. The van der Waals surface area contributed by atoms with E-state index in [1.54, 1.807) is 6.92 Å². The zero-order chi connectivity index (χ0) is 25.2. The van der Waals surface area contributed by atoms with Gasteiger partial charge in [-0.3, -0.25) is 14.4 Å².